The number of hydrogen-bond acceptors (Lipinski definition) is 3. The van der Waals surface area contributed by atoms with Crippen molar-refractivity contribution in [2.24, 2.45) is 5.84 Å². The highest BCUT2D eigenvalue weighted by molar-refractivity contribution is 5.81. The van der Waals surface area contributed by atoms with Gasteiger partial charge < -0.3 is 0 Å². The van der Waals surface area contributed by atoms with Crippen LogP contribution in [-0.4, -0.2) is 29.9 Å². The van der Waals surface area contributed by atoms with Crippen molar-refractivity contribution in [2.75, 3.05) is 13.1 Å². The lowest BCUT2D eigenvalue weighted by molar-refractivity contribution is -0.126. The molecule has 4 heteroatoms. The number of hydrazine groups is 1. The number of likely N-dealkylation sites (N-methyl/N-ethyl adjacent to an activating group) is 1. The quantitative estimate of drug-likeness (QED) is 0.361. The van der Waals surface area contributed by atoms with Gasteiger partial charge in [0.25, 0.3) is 5.91 Å². The first-order valence-corrected chi connectivity index (χ1v) is 4.95. The highest BCUT2D eigenvalue weighted by Crippen LogP contribution is 2.06. The molecule has 0 aromatic carbocycles. The standard InChI is InChI=1S/C9H21N3O/c1-4-7-8(9(13)11-10)12(5-2)6-3/h8H,4-7,10H2,1-3H3,(H,11,13). The van der Waals surface area contributed by atoms with Crippen LogP contribution in [0.4, 0.5) is 0 Å². The van der Waals surface area contributed by atoms with E-state index < -0.39 is 0 Å². The molecule has 1 amide bonds. The zero-order valence-electron chi connectivity index (χ0n) is 8.84. The Hall–Kier alpha value is -0.610. The van der Waals surface area contributed by atoms with Crippen LogP contribution in [0.25, 0.3) is 0 Å². The summed E-state index contributed by atoms with van der Waals surface area (Å²) in [6.45, 7) is 7.94. The minimum absolute atomic E-state index is 0.0648. The number of hydrogen-bond donors (Lipinski definition) is 2. The number of nitrogens with one attached hydrogen (secondary N) is 1. The zero-order valence-corrected chi connectivity index (χ0v) is 8.84. The molecule has 1 unspecified atom stereocenters. The van der Waals surface area contributed by atoms with Crippen molar-refractivity contribution >= 4 is 5.91 Å². The first-order chi connectivity index (χ1) is 6.21. The van der Waals surface area contributed by atoms with Gasteiger partial charge in [-0.2, -0.15) is 0 Å². The average molecular weight is 187 g/mol. The molecule has 0 aliphatic heterocycles. The second-order valence-electron chi connectivity index (χ2n) is 3.03. The Kier molecular flexibility index (Phi) is 6.54. The summed E-state index contributed by atoms with van der Waals surface area (Å²) in [4.78, 5) is 13.5. The van der Waals surface area contributed by atoms with E-state index >= 15 is 0 Å². The summed E-state index contributed by atoms with van der Waals surface area (Å²) in [5, 5.41) is 0. The number of nitrogens with zero attached hydrogens (tertiary/aromatic N) is 1. The highest BCUT2D eigenvalue weighted by Gasteiger charge is 2.21. The number of nitrogens with two attached hydrogens (primary N) is 1. The maximum absolute atomic E-state index is 11.4. The van der Waals surface area contributed by atoms with E-state index in [4.69, 9.17) is 5.84 Å². The van der Waals surface area contributed by atoms with Crippen LogP contribution in [0.3, 0.4) is 0 Å². The fourth-order valence-corrected chi connectivity index (χ4v) is 1.51. The molecule has 0 spiro atoms. The third-order valence-electron chi connectivity index (χ3n) is 2.26. The Balaban J connectivity index is 4.28. The predicted octanol–water partition coefficient (Wildman–Crippen LogP) is 0.487. The second-order valence-corrected chi connectivity index (χ2v) is 3.03. The van der Waals surface area contributed by atoms with Gasteiger partial charge in [-0.3, -0.25) is 15.1 Å². The second kappa shape index (κ2) is 6.86. The summed E-state index contributed by atoms with van der Waals surface area (Å²) in [7, 11) is 0. The molecule has 0 aliphatic carbocycles. The molecule has 0 saturated heterocycles. The van der Waals surface area contributed by atoms with Crippen molar-refractivity contribution in [1.82, 2.24) is 10.3 Å². The lowest BCUT2D eigenvalue weighted by Crippen LogP contribution is -2.48. The summed E-state index contributed by atoms with van der Waals surface area (Å²) < 4.78 is 0. The van der Waals surface area contributed by atoms with E-state index in [0.717, 1.165) is 25.9 Å². The first kappa shape index (κ1) is 12.4. The van der Waals surface area contributed by atoms with Crippen molar-refractivity contribution in [3.63, 3.8) is 0 Å². The summed E-state index contributed by atoms with van der Waals surface area (Å²) in [5.41, 5.74) is 2.22. The molecule has 0 bridgehead atoms. The normalized spacial score (nSPS) is 13.0. The van der Waals surface area contributed by atoms with E-state index in [9.17, 15) is 4.79 Å². The van der Waals surface area contributed by atoms with Gasteiger partial charge in [-0.1, -0.05) is 27.2 Å². The van der Waals surface area contributed by atoms with Crippen LogP contribution >= 0.6 is 0 Å². The van der Waals surface area contributed by atoms with Gasteiger partial charge in [0, 0.05) is 0 Å². The van der Waals surface area contributed by atoms with E-state index in [1.54, 1.807) is 0 Å². The molecular formula is C9H21N3O. The molecule has 0 heterocycles. The van der Waals surface area contributed by atoms with Gasteiger partial charge in [0.1, 0.15) is 0 Å². The topological polar surface area (TPSA) is 58.4 Å². The van der Waals surface area contributed by atoms with Crippen molar-refractivity contribution < 1.29 is 4.79 Å². The number of carbonyl (C=O) groups excluding carboxylic acids is 1. The Bertz CT molecular complexity index is 146. The van der Waals surface area contributed by atoms with E-state index in [0.29, 0.717) is 0 Å². The lowest BCUT2D eigenvalue weighted by atomic mass is 10.1. The Morgan fingerprint density at radius 2 is 1.92 bits per heavy atom. The SMILES string of the molecule is CCCC(C(=O)NN)N(CC)CC. The zero-order chi connectivity index (χ0) is 10.3. The molecule has 4 nitrogen and oxygen atoms in total. The number of rotatable bonds is 6. The maximum atomic E-state index is 11.4. The lowest BCUT2D eigenvalue weighted by Gasteiger charge is -2.27. The third kappa shape index (κ3) is 3.74. The van der Waals surface area contributed by atoms with Crippen molar-refractivity contribution in [1.29, 1.82) is 0 Å². The van der Waals surface area contributed by atoms with Crippen LogP contribution < -0.4 is 11.3 Å². The Labute approximate surface area is 80.4 Å². The molecule has 0 fully saturated rings. The van der Waals surface area contributed by atoms with Crippen molar-refractivity contribution in [3.8, 4) is 0 Å². The van der Waals surface area contributed by atoms with Crippen LogP contribution in [0.15, 0.2) is 0 Å². The highest BCUT2D eigenvalue weighted by atomic mass is 16.2. The third-order valence-corrected chi connectivity index (χ3v) is 2.26. The average Bonchev–Trinajstić information content (AvgIpc) is 2.17. The molecule has 3 N–H and O–H groups in total. The molecule has 0 aromatic heterocycles. The number of amides is 1. The molecular weight excluding hydrogens is 166 g/mol. The van der Waals surface area contributed by atoms with Gasteiger partial charge in [-0.25, -0.2) is 5.84 Å². The molecule has 13 heavy (non-hydrogen) atoms. The van der Waals surface area contributed by atoms with Gasteiger partial charge >= 0.3 is 0 Å². The van der Waals surface area contributed by atoms with Crippen molar-refractivity contribution in [2.45, 2.75) is 39.7 Å². The van der Waals surface area contributed by atoms with Crippen LogP contribution in [-0.2, 0) is 4.79 Å². The molecule has 78 valence electrons. The summed E-state index contributed by atoms with van der Waals surface area (Å²) in [6.07, 6.45) is 1.86. The van der Waals surface area contributed by atoms with Gasteiger partial charge in [0.05, 0.1) is 6.04 Å². The van der Waals surface area contributed by atoms with Gasteiger partial charge in [-0.15, -0.1) is 0 Å². The Morgan fingerprint density at radius 3 is 2.23 bits per heavy atom. The molecule has 0 radical (unpaired) electrons. The van der Waals surface area contributed by atoms with Gasteiger partial charge in [0.15, 0.2) is 0 Å². The van der Waals surface area contributed by atoms with Crippen LogP contribution in [0, 0.1) is 0 Å². The summed E-state index contributed by atoms with van der Waals surface area (Å²) >= 11 is 0. The van der Waals surface area contributed by atoms with E-state index in [1.165, 1.54) is 0 Å². The molecule has 1 atom stereocenters. The fraction of sp³-hybridized carbons (Fsp3) is 0.889. The number of carbonyl (C=O) groups is 1. The summed E-state index contributed by atoms with van der Waals surface area (Å²) in [5.74, 6) is 5.05. The maximum Gasteiger partial charge on any atom is 0.251 e. The van der Waals surface area contributed by atoms with Gasteiger partial charge in [-0.05, 0) is 19.5 Å². The van der Waals surface area contributed by atoms with Crippen LogP contribution in [0.2, 0.25) is 0 Å². The molecule has 0 rings (SSSR count). The van der Waals surface area contributed by atoms with Crippen LogP contribution in [0.1, 0.15) is 33.6 Å². The molecule has 0 aromatic rings. The monoisotopic (exact) mass is 187 g/mol. The van der Waals surface area contributed by atoms with E-state index in [-0.39, 0.29) is 11.9 Å². The van der Waals surface area contributed by atoms with Gasteiger partial charge in [0.2, 0.25) is 0 Å². The predicted molar refractivity (Wildman–Crippen MR) is 53.9 cm³/mol. The minimum atomic E-state index is -0.0782. The summed E-state index contributed by atoms with van der Waals surface area (Å²) in [6, 6.07) is -0.0648. The van der Waals surface area contributed by atoms with E-state index in [1.807, 2.05) is 0 Å². The minimum Gasteiger partial charge on any atom is -0.293 e. The first-order valence-electron chi connectivity index (χ1n) is 4.95. The molecule has 0 saturated carbocycles. The Morgan fingerprint density at radius 1 is 1.38 bits per heavy atom. The smallest absolute Gasteiger partial charge is 0.251 e. The van der Waals surface area contributed by atoms with E-state index in [2.05, 4.69) is 31.1 Å². The largest absolute Gasteiger partial charge is 0.293 e. The fourth-order valence-electron chi connectivity index (χ4n) is 1.51. The van der Waals surface area contributed by atoms with Crippen molar-refractivity contribution in [3.05, 3.63) is 0 Å². The van der Waals surface area contributed by atoms with Crippen LogP contribution in [0.5, 0.6) is 0 Å². The molecule has 0 aliphatic rings.